The lowest BCUT2D eigenvalue weighted by molar-refractivity contribution is 0.0140. The zero-order valence-corrected chi connectivity index (χ0v) is 11.8. The molecule has 0 aliphatic carbocycles. The molecule has 1 rings (SSSR count). The second-order valence-corrected chi connectivity index (χ2v) is 4.89. The average Bonchev–Trinajstić information content (AvgIpc) is 2.35. The Hall–Kier alpha value is -0.200. The molecule has 0 amide bonds. The van der Waals surface area contributed by atoms with Gasteiger partial charge in [0.05, 0.1) is 33.0 Å². The molecular formula is C13H28N2O3. The van der Waals surface area contributed by atoms with Gasteiger partial charge in [-0.15, -0.1) is 0 Å². The molecule has 108 valence electrons. The molecule has 0 saturated carbocycles. The van der Waals surface area contributed by atoms with Crippen molar-refractivity contribution in [2.75, 3.05) is 53.2 Å². The fraction of sp³-hybridized carbons (Fsp3) is 1.00. The van der Waals surface area contributed by atoms with Crippen molar-refractivity contribution in [1.82, 2.24) is 4.90 Å². The Balaban J connectivity index is 1.91. The van der Waals surface area contributed by atoms with Crippen molar-refractivity contribution < 1.29 is 14.2 Å². The maximum absolute atomic E-state index is 5.94. The fourth-order valence-electron chi connectivity index (χ4n) is 2.24. The fourth-order valence-corrected chi connectivity index (χ4v) is 2.24. The third-order valence-electron chi connectivity index (χ3n) is 3.38. The second kappa shape index (κ2) is 9.69. The van der Waals surface area contributed by atoms with Gasteiger partial charge in [0.25, 0.3) is 0 Å². The van der Waals surface area contributed by atoms with Gasteiger partial charge in [-0.05, 0) is 26.3 Å². The lowest BCUT2D eigenvalue weighted by atomic mass is 9.99. The number of rotatable bonds is 9. The maximum atomic E-state index is 5.94. The summed E-state index contributed by atoms with van der Waals surface area (Å²) in [6, 6.07) is 0.960. The lowest BCUT2D eigenvalue weighted by Crippen LogP contribution is -2.46. The van der Waals surface area contributed by atoms with Crippen LogP contribution in [0.2, 0.25) is 0 Å². The summed E-state index contributed by atoms with van der Waals surface area (Å²) in [5.74, 6) is 0. The number of hydrogen-bond donors (Lipinski definition) is 1. The van der Waals surface area contributed by atoms with Gasteiger partial charge in [0.2, 0.25) is 0 Å². The van der Waals surface area contributed by atoms with Crippen LogP contribution in [-0.2, 0) is 14.2 Å². The molecule has 1 saturated heterocycles. The second-order valence-electron chi connectivity index (χ2n) is 4.89. The van der Waals surface area contributed by atoms with Gasteiger partial charge in [-0.3, -0.25) is 4.90 Å². The number of hydrogen-bond acceptors (Lipinski definition) is 5. The van der Waals surface area contributed by atoms with Gasteiger partial charge in [0.15, 0.2) is 0 Å². The maximum Gasteiger partial charge on any atom is 0.0701 e. The smallest absolute Gasteiger partial charge is 0.0701 e. The van der Waals surface area contributed by atoms with E-state index in [2.05, 4.69) is 11.8 Å². The van der Waals surface area contributed by atoms with Crippen molar-refractivity contribution in [3.05, 3.63) is 0 Å². The predicted molar refractivity (Wildman–Crippen MR) is 71.8 cm³/mol. The van der Waals surface area contributed by atoms with Gasteiger partial charge >= 0.3 is 0 Å². The SMILES string of the molecule is COCCOCCOCCN1CCC(N)CC1C. The van der Waals surface area contributed by atoms with Gasteiger partial charge in [-0.25, -0.2) is 0 Å². The summed E-state index contributed by atoms with van der Waals surface area (Å²) in [6.45, 7) is 7.68. The van der Waals surface area contributed by atoms with Crippen LogP contribution in [0.5, 0.6) is 0 Å². The van der Waals surface area contributed by atoms with E-state index >= 15 is 0 Å². The Kier molecular flexibility index (Phi) is 8.54. The number of methoxy groups -OCH3 is 1. The summed E-state index contributed by atoms with van der Waals surface area (Å²) >= 11 is 0. The zero-order valence-electron chi connectivity index (χ0n) is 11.8. The number of piperidine rings is 1. The van der Waals surface area contributed by atoms with Gasteiger partial charge in [0, 0.05) is 25.7 Å². The van der Waals surface area contributed by atoms with Crippen LogP contribution in [0.3, 0.4) is 0 Å². The zero-order chi connectivity index (χ0) is 13.2. The van der Waals surface area contributed by atoms with Crippen molar-refractivity contribution >= 4 is 0 Å². The average molecular weight is 260 g/mol. The van der Waals surface area contributed by atoms with E-state index in [9.17, 15) is 0 Å². The summed E-state index contributed by atoms with van der Waals surface area (Å²) in [4.78, 5) is 2.45. The van der Waals surface area contributed by atoms with Crippen molar-refractivity contribution in [3.63, 3.8) is 0 Å². The third kappa shape index (κ3) is 6.66. The minimum Gasteiger partial charge on any atom is -0.382 e. The molecule has 5 nitrogen and oxygen atoms in total. The highest BCUT2D eigenvalue weighted by atomic mass is 16.5. The van der Waals surface area contributed by atoms with E-state index in [1.54, 1.807) is 7.11 Å². The standard InChI is InChI=1S/C13H28N2O3/c1-12-11-13(14)3-4-15(12)5-6-17-9-10-18-8-7-16-2/h12-13H,3-11,14H2,1-2H3. The molecule has 2 N–H and O–H groups in total. The normalized spacial score (nSPS) is 25.5. The van der Waals surface area contributed by atoms with Gasteiger partial charge in [0.1, 0.15) is 0 Å². The largest absolute Gasteiger partial charge is 0.382 e. The van der Waals surface area contributed by atoms with Crippen molar-refractivity contribution in [2.24, 2.45) is 5.73 Å². The summed E-state index contributed by atoms with van der Waals surface area (Å²) < 4.78 is 15.8. The van der Waals surface area contributed by atoms with Crippen LogP contribution in [0.25, 0.3) is 0 Å². The lowest BCUT2D eigenvalue weighted by Gasteiger charge is -2.36. The van der Waals surface area contributed by atoms with Gasteiger partial charge in [-0.2, -0.15) is 0 Å². The quantitative estimate of drug-likeness (QED) is 0.611. The molecule has 0 radical (unpaired) electrons. The molecule has 1 aliphatic rings. The molecule has 2 atom stereocenters. The molecule has 0 aromatic heterocycles. The Bertz CT molecular complexity index is 205. The molecule has 5 heteroatoms. The van der Waals surface area contributed by atoms with E-state index in [1.165, 1.54) is 0 Å². The van der Waals surface area contributed by atoms with Crippen molar-refractivity contribution in [2.45, 2.75) is 31.8 Å². The van der Waals surface area contributed by atoms with Crippen LogP contribution in [0.4, 0.5) is 0 Å². The van der Waals surface area contributed by atoms with Crippen molar-refractivity contribution in [1.29, 1.82) is 0 Å². The first kappa shape index (κ1) is 15.9. The molecule has 0 aromatic carbocycles. The molecular weight excluding hydrogens is 232 g/mol. The van der Waals surface area contributed by atoms with Crippen LogP contribution < -0.4 is 5.73 Å². The molecule has 18 heavy (non-hydrogen) atoms. The number of ether oxygens (including phenoxy) is 3. The molecule has 1 aliphatic heterocycles. The first-order valence-electron chi connectivity index (χ1n) is 6.88. The van der Waals surface area contributed by atoms with E-state index in [0.29, 0.717) is 38.5 Å². The topological polar surface area (TPSA) is 57.0 Å². The minimum absolute atomic E-state index is 0.381. The molecule has 1 fully saturated rings. The highest BCUT2D eigenvalue weighted by Crippen LogP contribution is 2.14. The monoisotopic (exact) mass is 260 g/mol. The number of nitrogens with zero attached hydrogens (tertiary/aromatic N) is 1. The van der Waals surface area contributed by atoms with E-state index in [-0.39, 0.29) is 0 Å². The minimum atomic E-state index is 0.381. The molecule has 0 spiro atoms. The van der Waals surface area contributed by atoms with Crippen LogP contribution in [-0.4, -0.2) is 70.2 Å². The molecule has 0 bridgehead atoms. The van der Waals surface area contributed by atoms with Crippen LogP contribution >= 0.6 is 0 Å². The first-order chi connectivity index (χ1) is 8.74. The molecule has 2 unspecified atom stereocenters. The van der Waals surface area contributed by atoms with Crippen LogP contribution in [0.1, 0.15) is 19.8 Å². The molecule has 0 aromatic rings. The third-order valence-corrected chi connectivity index (χ3v) is 3.38. The summed E-state index contributed by atoms with van der Waals surface area (Å²) in [5.41, 5.74) is 5.94. The van der Waals surface area contributed by atoms with E-state index < -0.39 is 0 Å². The van der Waals surface area contributed by atoms with Crippen LogP contribution in [0, 0.1) is 0 Å². The van der Waals surface area contributed by atoms with Gasteiger partial charge in [-0.1, -0.05) is 0 Å². The highest BCUT2D eigenvalue weighted by Gasteiger charge is 2.22. The van der Waals surface area contributed by atoms with E-state index in [1.807, 2.05) is 0 Å². The number of likely N-dealkylation sites (tertiary alicyclic amines) is 1. The highest BCUT2D eigenvalue weighted by molar-refractivity contribution is 4.80. The predicted octanol–water partition coefficient (Wildman–Crippen LogP) is 0.478. The summed E-state index contributed by atoms with van der Waals surface area (Å²) in [6.07, 6.45) is 2.20. The Morgan fingerprint density at radius 3 is 2.44 bits per heavy atom. The van der Waals surface area contributed by atoms with E-state index in [4.69, 9.17) is 19.9 Å². The van der Waals surface area contributed by atoms with Crippen LogP contribution in [0.15, 0.2) is 0 Å². The first-order valence-corrected chi connectivity index (χ1v) is 6.88. The Morgan fingerprint density at radius 1 is 1.11 bits per heavy atom. The Morgan fingerprint density at radius 2 is 1.78 bits per heavy atom. The molecule has 1 heterocycles. The summed E-state index contributed by atoms with van der Waals surface area (Å²) in [5, 5.41) is 0. The van der Waals surface area contributed by atoms with E-state index in [0.717, 1.165) is 32.5 Å². The Labute approximate surface area is 111 Å². The van der Waals surface area contributed by atoms with Crippen molar-refractivity contribution in [3.8, 4) is 0 Å². The number of nitrogens with two attached hydrogens (primary N) is 1. The summed E-state index contributed by atoms with van der Waals surface area (Å²) in [7, 11) is 1.67. The van der Waals surface area contributed by atoms with Gasteiger partial charge < -0.3 is 19.9 Å².